The van der Waals surface area contributed by atoms with Gasteiger partial charge in [-0.05, 0) is 61.3 Å². The first-order chi connectivity index (χ1) is 19.3. The number of benzene rings is 3. The molecule has 1 atom stereocenters. The Hall–Kier alpha value is -3.39. The fraction of sp³-hybridized carbons (Fsp3) is 0.438. The molecule has 1 N–H and O–H groups in total. The van der Waals surface area contributed by atoms with Gasteiger partial charge in [0, 0.05) is 30.9 Å². The number of anilines is 1. The van der Waals surface area contributed by atoms with E-state index >= 15 is 0 Å². The van der Waals surface area contributed by atoms with Gasteiger partial charge in [-0.15, -0.1) is 0 Å². The van der Waals surface area contributed by atoms with E-state index in [2.05, 4.69) is 5.32 Å². The highest BCUT2D eigenvalue weighted by atomic mass is 32.2. The number of nitrogens with zero attached hydrogens (tertiary/aromatic N) is 2. The molecule has 2 amide bonds. The number of amides is 2. The lowest BCUT2D eigenvalue weighted by molar-refractivity contribution is -0.141. The van der Waals surface area contributed by atoms with Crippen LogP contribution in [0.4, 0.5) is 5.69 Å². The molecule has 3 aromatic rings. The van der Waals surface area contributed by atoms with Crippen LogP contribution >= 0.6 is 0 Å². The lowest BCUT2D eigenvalue weighted by Crippen LogP contribution is -2.51. The van der Waals surface area contributed by atoms with Gasteiger partial charge in [0.15, 0.2) is 0 Å². The Morgan fingerprint density at radius 2 is 1.73 bits per heavy atom. The minimum atomic E-state index is -3.68. The van der Waals surface area contributed by atoms with E-state index in [4.69, 9.17) is 0 Å². The SMILES string of the molecule is CCC(C(=O)NC1CCCCC1)N(Cc1ccccc1C)C(=O)CCCN1c2cccc3cccc(c23)S1(=O)=O. The molecular weight excluding hydrogens is 522 g/mol. The zero-order valence-electron chi connectivity index (χ0n) is 23.4. The summed E-state index contributed by atoms with van der Waals surface area (Å²) < 4.78 is 28.2. The van der Waals surface area contributed by atoms with E-state index in [-0.39, 0.29) is 30.8 Å². The number of nitrogens with one attached hydrogen (secondary N) is 1. The molecule has 0 spiro atoms. The highest BCUT2D eigenvalue weighted by Crippen LogP contribution is 2.42. The molecule has 1 unspecified atom stereocenters. The Morgan fingerprint density at radius 1 is 1.00 bits per heavy atom. The van der Waals surface area contributed by atoms with Gasteiger partial charge in [0.1, 0.15) is 6.04 Å². The highest BCUT2D eigenvalue weighted by molar-refractivity contribution is 7.93. The smallest absolute Gasteiger partial charge is 0.265 e. The maximum Gasteiger partial charge on any atom is 0.265 e. The molecule has 5 rings (SSSR count). The first kappa shape index (κ1) is 28.1. The van der Waals surface area contributed by atoms with Crippen molar-refractivity contribution in [1.82, 2.24) is 10.2 Å². The average molecular weight is 562 g/mol. The van der Waals surface area contributed by atoms with Gasteiger partial charge in [-0.1, -0.05) is 74.7 Å². The van der Waals surface area contributed by atoms with Crippen LogP contribution in [0.1, 0.15) is 69.4 Å². The molecule has 3 aromatic carbocycles. The molecule has 1 heterocycles. The second-order valence-corrected chi connectivity index (χ2v) is 12.9. The quantitative estimate of drug-likeness (QED) is 0.344. The van der Waals surface area contributed by atoms with E-state index < -0.39 is 16.1 Å². The van der Waals surface area contributed by atoms with Crippen LogP contribution < -0.4 is 9.62 Å². The summed E-state index contributed by atoms with van der Waals surface area (Å²) in [5.41, 5.74) is 2.73. The van der Waals surface area contributed by atoms with Crippen molar-refractivity contribution in [2.24, 2.45) is 0 Å². The minimum absolute atomic E-state index is 0.0967. The van der Waals surface area contributed by atoms with Crippen LogP contribution in [0.5, 0.6) is 0 Å². The van der Waals surface area contributed by atoms with Crippen LogP contribution in [0.2, 0.25) is 0 Å². The summed E-state index contributed by atoms with van der Waals surface area (Å²) in [5.74, 6) is -0.234. The number of hydrogen-bond acceptors (Lipinski definition) is 4. The summed E-state index contributed by atoms with van der Waals surface area (Å²) in [5, 5.41) is 4.84. The van der Waals surface area contributed by atoms with Gasteiger partial charge in [-0.25, -0.2) is 8.42 Å². The van der Waals surface area contributed by atoms with Crippen molar-refractivity contribution in [3.63, 3.8) is 0 Å². The molecule has 1 aliphatic carbocycles. The van der Waals surface area contributed by atoms with Gasteiger partial charge in [0.2, 0.25) is 11.8 Å². The summed E-state index contributed by atoms with van der Waals surface area (Å²) >= 11 is 0. The average Bonchev–Trinajstić information content (AvgIpc) is 3.17. The maximum atomic E-state index is 13.8. The third-order valence-electron chi connectivity index (χ3n) is 8.37. The molecule has 40 heavy (non-hydrogen) atoms. The number of rotatable bonds is 10. The fourth-order valence-corrected chi connectivity index (χ4v) is 7.90. The van der Waals surface area contributed by atoms with E-state index in [1.807, 2.05) is 62.4 Å². The summed E-state index contributed by atoms with van der Waals surface area (Å²) in [6.45, 7) is 4.50. The molecule has 2 aliphatic rings. The number of carbonyl (C=O) groups is 2. The number of hydrogen-bond donors (Lipinski definition) is 1. The molecule has 0 saturated heterocycles. The lowest BCUT2D eigenvalue weighted by Gasteiger charge is -2.33. The van der Waals surface area contributed by atoms with E-state index in [9.17, 15) is 18.0 Å². The molecule has 1 fully saturated rings. The Balaban J connectivity index is 1.32. The van der Waals surface area contributed by atoms with E-state index in [1.165, 1.54) is 10.7 Å². The normalized spacial score (nSPS) is 17.1. The van der Waals surface area contributed by atoms with E-state index in [0.717, 1.165) is 47.6 Å². The molecule has 212 valence electrons. The summed E-state index contributed by atoms with van der Waals surface area (Å²) in [7, 11) is -3.68. The predicted molar refractivity (Wildman–Crippen MR) is 159 cm³/mol. The summed E-state index contributed by atoms with van der Waals surface area (Å²) in [6.07, 6.45) is 6.41. The molecule has 0 bridgehead atoms. The van der Waals surface area contributed by atoms with Crippen molar-refractivity contribution < 1.29 is 18.0 Å². The van der Waals surface area contributed by atoms with Crippen molar-refractivity contribution in [2.45, 2.75) is 88.7 Å². The zero-order valence-corrected chi connectivity index (χ0v) is 24.3. The van der Waals surface area contributed by atoms with Crippen molar-refractivity contribution in [2.75, 3.05) is 10.8 Å². The zero-order chi connectivity index (χ0) is 28.3. The van der Waals surface area contributed by atoms with Crippen molar-refractivity contribution in [1.29, 1.82) is 0 Å². The monoisotopic (exact) mass is 561 g/mol. The number of aryl methyl sites for hydroxylation is 1. The van der Waals surface area contributed by atoms with Gasteiger partial charge in [0.25, 0.3) is 10.0 Å². The van der Waals surface area contributed by atoms with Gasteiger partial charge >= 0.3 is 0 Å². The van der Waals surface area contributed by atoms with Crippen molar-refractivity contribution in [3.8, 4) is 0 Å². The van der Waals surface area contributed by atoms with Crippen molar-refractivity contribution >= 4 is 38.3 Å². The largest absolute Gasteiger partial charge is 0.352 e. The van der Waals surface area contributed by atoms with Crippen LogP contribution in [0.25, 0.3) is 10.8 Å². The Kier molecular flexibility index (Phi) is 8.45. The standard InChI is InChI=1S/C32H39N3O4S/c1-3-27(32(37)33-26-16-5-4-6-17-26)34(22-25-13-8-7-12-23(25)2)30(36)20-11-21-35-28-18-9-14-24-15-10-19-29(31(24)28)40(35,38)39/h7-10,12-15,18-19,26-27H,3-6,11,16-17,20-22H2,1-2H3,(H,33,37). The number of carbonyl (C=O) groups excluding carboxylic acids is 2. The molecule has 1 aliphatic heterocycles. The molecule has 0 radical (unpaired) electrons. The first-order valence-electron chi connectivity index (χ1n) is 14.5. The number of sulfonamides is 1. The Morgan fingerprint density at radius 3 is 2.45 bits per heavy atom. The first-order valence-corrected chi connectivity index (χ1v) is 15.9. The molecular formula is C32H39N3O4S. The lowest BCUT2D eigenvalue weighted by atomic mass is 9.95. The molecule has 1 saturated carbocycles. The van der Waals surface area contributed by atoms with E-state index in [1.54, 1.807) is 17.0 Å². The summed E-state index contributed by atoms with van der Waals surface area (Å²) in [4.78, 5) is 29.3. The van der Waals surface area contributed by atoms with Crippen LogP contribution in [-0.4, -0.2) is 43.8 Å². The van der Waals surface area contributed by atoms with Crippen molar-refractivity contribution in [3.05, 3.63) is 71.8 Å². The van der Waals surface area contributed by atoms with Crippen LogP contribution in [0.15, 0.2) is 65.6 Å². The van der Waals surface area contributed by atoms with Crippen LogP contribution in [0.3, 0.4) is 0 Å². The third-order valence-corrected chi connectivity index (χ3v) is 10.2. The second-order valence-electron chi connectivity index (χ2n) is 11.0. The van der Waals surface area contributed by atoms with Crippen LogP contribution in [0, 0.1) is 6.92 Å². The fourth-order valence-electron chi connectivity index (χ4n) is 6.15. The molecule has 8 heteroatoms. The molecule has 0 aromatic heterocycles. The topological polar surface area (TPSA) is 86.8 Å². The summed E-state index contributed by atoms with van der Waals surface area (Å²) in [6, 6.07) is 18.4. The minimum Gasteiger partial charge on any atom is -0.352 e. The van der Waals surface area contributed by atoms with Gasteiger partial charge in [-0.2, -0.15) is 0 Å². The third kappa shape index (κ3) is 5.59. The highest BCUT2D eigenvalue weighted by Gasteiger charge is 2.36. The second kappa shape index (κ2) is 12.0. The van der Waals surface area contributed by atoms with Gasteiger partial charge in [-0.3, -0.25) is 13.9 Å². The van der Waals surface area contributed by atoms with Gasteiger partial charge in [0.05, 0.1) is 10.6 Å². The van der Waals surface area contributed by atoms with E-state index in [0.29, 0.717) is 30.0 Å². The van der Waals surface area contributed by atoms with Gasteiger partial charge < -0.3 is 10.2 Å². The maximum absolute atomic E-state index is 13.8. The molecule has 7 nitrogen and oxygen atoms in total. The predicted octanol–water partition coefficient (Wildman–Crippen LogP) is 5.69. The Labute approximate surface area is 237 Å². The van der Waals surface area contributed by atoms with Crippen LogP contribution in [-0.2, 0) is 26.2 Å². The Bertz CT molecular complexity index is 1490.